The topological polar surface area (TPSA) is 48.1 Å². The third-order valence-corrected chi connectivity index (χ3v) is 4.18. The molecule has 2 N–H and O–H groups in total. The third kappa shape index (κ3) is 2.77. The van der Waals surface area contributed by atoms with Crippen LogP contribution in [0.25, 0.3) is 10.2 Å². The van der Waals surface area contributed by atoms with Crippen molar-refractivity contribution in [3.05, 3.63) is 58.1 Å². The summed E-state index contributed by atoms with van der Waals surface area (Å²) in [5.74, 6) is 0.760. The third-order valence-electron chi connectivity index (χ3n) is 2.93. The highest BCUT2D eigenvalue weighted by atomic mass is 35.5. The molecule has 0 unspecified atom stereocenters. The van der Waals surface area contributed by atoms with Crippen LogP contribution in [0.5, 0.6) is 5.75 Å². The molecule has 0 aliphatic heterocycles. The first kappa shape index (κ1) is 13.4. The molecule has 0 saturated carbocycles. The number of benzene rings is 2. The van der Waals surface area contributed by atoms with Crippen molar-refractivity contribution in [2.75, 3.05) is 0 Å². The van der Waals surface area contributed by atoms with E-state index < -0.39 is 0 Å². The highest BCUT2D eigenvalue weighted by molar-refractivity contribution is 7.18. The van der Waals surface area contributed by atoms with E-state index in [-0.39, 0.29) is 0 Å². The largest absolute Gasteiger partial charge is 0.486 e. The van der Waals surface area contributed by atoms with Crippen LogP contribution in [-0.2, 0) is 13.2 Å². The molecule has 3 rings (SSSR count). The zero-order valence-corrected chi connectivity index (χ0v) is 12.2. The Morgan fingerprint density at radius 1 is 1.20 bits per heavy atom. The Labute approximate surface area is 126 Å². The lowest BCUT2D eigenvalue weighted by Crippen LogP contribution is -2.02. The van der Waals surface area contributed by atoms with Crippen LogP contribution in [-0.4, -0.2) is 4.98 Å². The maximum atomic E-state index is 5.94. The van der Waals surface area contributed by atoms with Crippen LogP contribution in [0.15, 0.2) is 42.5 Å². The second kappa shape index (κ2) is 5.79. The second-order valence-corrected chi connectivity index (χ2v) is 5.87. The van der Waals surface area contributed by atoms with Gasteiger partial charge in [0.2, 0.25) is 0 Å². The SMILES string of the molecule is NCc1cc(Cl)ccc1OCc1nc2ccccc2s1. The van der Waals surface area contributed by atoms with Gasteiger partial charge < -0.3 is 10.5 Å². The molecule has 0 spiro atoms. The van der Waals surface area contributed by atoms with E-state index in [1.807, 2.05) is 30.3 Å². The number of nitrogens with two attached hydrogens (primary N) is 1. The average Bonchev–Trinajstić information content (AvgIpc) is 2.88. The first-order valence-electron chi connectivity index (χ1n) is 6.22. The summed E-state index contributed by atoms with van der Waals surface area (Å²) in [4.78, 5) is 4.54. The lowest BCUT2D eigenvalue weighted by atomic mass is 10.2. The van der Waals surface area contributed by atoms with Crippen LogP contribution in [0.4, 0.5) is 0 Å². The minimum atomic E-state index is 0.399. The predicted molar refractivity (Wildman–Crippen MR) is 83.3 cm³/mol. The second-order valence-electron chi connectivity index (χ2n) is 4.32. The molecule has 0 radical (unpaired) electrons. The van der Waals surface area contributed by atoms with Gasteiger partial charge in [0.15, 0.2) is 0 Å². The van der Waals surface area contributed by atoms with Gasteiger partial charge in [-0.25, -0.2) is 4.98 Å². The van der Waals surface area contributed by atoms with Crippen molar-refractivity contribution in [3.8, 4) is 5.75 Å². The van der Waals surface area contributed by atoms with Crippen LogP contribution < -0.4 is 10.5 Å². The van der Waals surface area contributed by atoms with Gasteiger partial charge in [0.25, 0.3) is 0 Å². The molecule has 102 valence electrons. The summed E-state index contributed by atoms with van der Waals surface area (Å²) in [6, 6.07) is 13.5. The summed E-state index contributed by atoms with van der Waals surface area (Å²) in [5.41, 5.74) is 7.61. The molecule has 0 amide bonds. The number of hydrogen-bond acceptors (Lipinski definition) is 4. The van der Waals surface area contributed by atoms with Gasteiger partial charge in [-0.3, -0.25) is 0 Å². The lowest BCUT2D eigenvalue weighted by Gasteiger charge is -2.09. The maximum absolute atomic E-state index is 5.94. The molecule has 1 heterocycles. The predicted octanol–water partition coefficient (Wildman–Crippen LogP) is 3.99. The van der Waals surface area contributed by atoms with E-state index in [1.54, 1.807) is 17.4 Å². The standard InChI is InChI=1S/C15H13ClN2OS/c16-11-5-6-13(10(7-11)8-17)19-9-15-18-12-3-1-2-4-14(12)20-15/h1-7H,8-9,17H2. The summed E-state index contributed by atoms with van der Waals surface area (Å²) in [5, 5.41) is 1.61. The summed E-state index contributed by atoms with van der Waals surface area (Å²) < 4.78 is 6.98. The highest BCUT2D eigenvalue weighted by Crippen LogP contribution is 2.26. The minimum absolute atomic E-state index is 0.399. The number of aromatic nitrogens is 1. The van der Waals surface area contributed by atoms with E-state index in [9.17, 15) is 0 Å². The zero-order valence-electron chi connectivity index (χ0n) is 10.7. The molecule has 0 bridgehead atoms. The molecular formula is C15H13ClN2OS. The van der Waals surface area contributed by atoms with Gasteiger partial charge in [-0.05, 0) is 30.3 Å². The molecule has 5 heteroatoms. The van der Waals surface area contributed by atoms with Gasteiger partial charge in [0.05, 0.1) is 10.2 Å². The smallest absolute Gasteiger partial charge is 0.140 e. The molecule has 20 heavy (non-hydrogen) atoms. The summed E-state index contributed by atoms with van der Waals surface area (Å²) in [6.07, 6.45) is 0. The molecule has 0 saturated heterocycles. The fourth-order valence-corrected chi connectivity index (χ4v) is 3.04. The summed E-state index contributed by atoms with van der Waals surface area (Å²) in [6.45, 7) is 0.837. The molecule has 0 aliphatic rings. The monoisotopic (exact) mass is 304 g/mol. The van der Waals surface area contributed by atoms with E-state index in [2.05, 4.69) is 11.1 Å². The van der Waals surface area contributed by atoms with Crippen LogP contribution in [0.1, 0.15) is 10.6 Å². The number of para-hydroxylation sites is 1. The first-order valence-corrected chi connectivity index (χ1v) is 7.41. The fourth-order valence-electron chi connectivity index (χ4n) is 1.97. The average molecular weight is 305 g/mol. The Balaban J connectivity index is 1.79. The van der Waals surface area contributed by atoms with Gasteiger partial charge in [0.1, 0.15) is 17.4 Å². The van der Waals surface area contributed by atoms with Gasteiger partial charge in [-0.15, -0.1) is 11.3 Å². The van der Waals surface area contributed by atoms with Crippen LogP contribution in [0, 0.1) is 0 Å². The molecule has 0 aliphatic carbocycles. The van der Waals surface area contributed by atoms with Crippen LogP contribution in [0.3, 0.4) is 0 Å². The lowest BCUT2D eigenvalue weighted by molar-refractivity contribution is 0.302. The zero-order chi connectivity index (χ0) is 13.9. The van der Waals surface area contributed by atoms with Crippen molar-refractivity contribution in [1.29, 1.82) is 0 Å². The molecule has 1 aromatic heterocycles. The number of nitrogens with zero attached hydrogens (tertiary/aromatic N) is 1. The van der Waals surface area contributed by atoms with Crippen molar-refractivity contribution in [3.63, 3.8) is 0 Å². The molecule has 0 atom stereocenters. The Kier molecular flexibility index (Phi) is 3.87. The van der Waals surface area contributed by atoms with Gasteiger partial charge in [-0.2, -0.15) is 0 Å². The Morgan fingerprint density at radius 2 is 2.05 bits per heavy atom. The number of ether oxygens (including phenoxy) is 1. The minimum Gasteiger partial charge on any atom is -0.486 e. The maximum Gasteiger partial charge on any atom is 0.140 e. The Hall–Kier alpha value is -1.62. The highest BCUT2D eigenvalue weighted by Gasteiger charge is 2.07. The molecule has 3 aromatic rings. The Bertz CT molecular complexity index is 709. The summed E-state index contributed by atoms with van der Waals surface area (Å²) in [7, 11) is 0. The number of fused-ring (bicyclic) bond motifs is 1. The molecule has 0 fully saturated rings. The Morgan fingerprint density at radius 3 is 2.85 bits per heavy atom. The van der Waals surface area contributed by atoms with Gasteiger partial charge in [-0.1, -0.05) is 23.7 Å². The van der Waals surface area contributed by atoms with Gasteiger partial charge >= 0.3 is 0 Å². The van der Waals surface area contributed by atoms with Crippen molar-refractivity contribution in [2.45, 2.75) is 13.2 Å². The van der Waals surface area contributed by atoms with Crippen LogP contribution >= 0.6 is 22.9 Å². The molecule has 3 nitrogen and oxygen atoms in total. The molecular weight excluding hydrogens is 292 g/mol. The van der Waals surface area contributed by atoms with Gasteiger partial charge in [0, 0.05) is 17.1 Å². The quantitative estimate of drug-likeness (QED) is 0.793. The number of thiazole rings is 1. The van der Waals surface area contributed by atoms with Crippen molar-refractivity contribution >= 4 is 33.2 Å². The van der Waals surface area contributed by atoms with Crippen molar-refractivity contribution < 1.29 is 4.74 Å². The summed E-state index contributed by atoms with van der Waals surface area (Å²) >= 11 is 7.58. The van der Waals surface area contributed by atoms with Crippen LogP contribution in [0.2, 0.25) is 5.02 Å². The number of halogens is 1. The van der Waals surface area contributed by atoms with E-state index in [4.69, 9.17) is 22.1 Å². The first-order chi connectivity index (χ1) is 9.76. The fraction of sp³-hybridized carbons (Fsp3) is 0.133. The van der Waals surface area contributed by atoms with E-state index in [1.165, 1.54) is 4.70 Å². The number of hydrogen-bond donors (Lipinski definition) is 1. The van der Waals surface area contributed by atoms with E-state index >= 15 is 0 Å². The van der Waals surface area contributed by atoms with E-state index in [0.29, 0.717) is 18.2 Å². The van der Waals surface area contributed by atoms with Crippen molar-refractivity contribution in [1.82, 2.24) is 4.98 Å². The van der Waals surface area contributed by atoms with E-state index in [0.717, 1.165) is 21.8 Å². The molecule has 2 aromatic carbocycles. The number of rotatable bonds is 4. The normalized spacial score (nSPS) is 10.9. The van der Waals surface area contributed by atoms with Crippen molar-refractivity contribution in [2.24, 2.45) is 5.73 Å².